The van der Waals surface area contributed by atoms with Gasteiger partial charge in [-0.2, -0.15) is 0 Å². The van der Waals surface area contributed by atoms with Gasteiger partial charge in [0, 0.05) is 19.5 Å². The van der Waals surface area contributed by atoms with Crippen LogP contribution in [0.15, 0.2) is 30.3 Å². The Hall–Kier alpha value is -2.48. The number of carbonyl (C=O) groups is 3. The van der Waals surface area contributed by atoms with Crippen molar-refractivity contribution in [2.24, 2.45) is 11.8 Å². The van der Waals surface area contributed by atoms with Gasteiger partial charge in [0.05, 0.1) is 11.8 Å². The number of thiocarbonyl (C=S) groups is 1. The standard InChI is InChI=1S/C19H24N4O3S/c24-16(21-22-19(27)20-12-13-6-2-1-3-7-13)10-11-23-17(25)14-8-4-5-9-15(14)18(23)26/h1-3,6-7,14-15H,4-5,8-12H2,(H,21,24)(H2,20,22,27)/t14-,15-/m1/s1. The zero-order chi connectivity index (χ0) is 19.2. The van der Waals surface area contributed by atoms with Gasteiger partial charge in [-0.3, -0.25) is 30.1 Å². The summed E-state index contributed by atoms with van der Waals surface area (Å²) in [7, 11) is 0. The molecule has 3 rings (SSSR count). The number of rotatable bonds is 5. The van der Waals surface area contributed by atoms with Gasteiger partial charge < -0.3 is 5.32 Å². The first kappa shape index (κ1) is 19.3. The van der Waals surface area contributed by atoms with E-state index in [0.29, 0.717) is 11.7 Å². The topological polar surface area (TPSA) is 90.5 Å². The van der Waals surface area contributed by atoms with Crippen molar-refractivity contribution in [2.75, 3.05) is 6.54 Å². The van der Waals surface area contributed by atoms with Crippen LogP contribution < -0.4 is 16.2 Å². The number of hydrogen-bond donors (Lipinski definition) is 3. The summed E-state index contributed by atoms with van der Waals surface area (Å²) in [6.07, 6.45) is 3.59. The van der Waals surface area contributed by atoms with E-state index in [1.165, 1.54) is 4.90 Å². The highest BCUT2D eigenvalue weighted by molar-refractivity contribution is 7.80. The van der Waals surface area contributed by atoms with E-state index in [1.807, 2.05) is 30.3 Å². The van der Waals surface area contributed by atoms with Crippen molar-refractivity contribution in [1.82, 2.24) is 21.1 Å². The van der Waals surface area contributed by atoms with Crippen molar-refractivity contribution in [2.45, 2.75) is 38.6 Å². The maximum atomic E-state index is 12.4. The zero-order valence-electron chi connectivity index (χ0n) is 15.1. The summed E-state index contributed by atoms with van der Waals surface area (Å²) in [5.74, 6) is -0.922. The minimum Gasteiger partial charge on any atom is -0.357 e. The van der Waals surface area contributed by atoms with Gasteiger partial charge in [-0.05, 0) is 30.6 Å². The number of amides is 3. The minimum absolute atomic E-state index is 0.0468. The first-order valence-corrected chi connectivity index (χ1v) is 9.69. The number of hydrazine groups is 1. The van der Waals surface area contributed by atoms with Gasteiger partial charge in [0.1, 0.15) is 0 Å². The van der Waals surface area contributed by atoms with Crippen molar-refractivity contribution < 1.29 is 14.4 Å². The fourth-order valence-corrected chi connectivity index (χ4v) is 3.80. The zero-order valence-corrected chi connectivity index (χ0v) is 15.9. The molecule has 27 heavy (non-hydrogen) atoms. The van der Waals surface area contributed by atoms with Crippen molar-refractivity contribution in [3.63, 3.8) is 0 Å². The van der Waals surface area contributed by atoms with E-state index in [1.54, 1.807) is 0 Å². The molecule has 0 bridgehead atoms. The molecule has 0 spiro atoms. The van der Waals surface area contributed by atoms with Gasteiger partial charge in [-0.25, -0.2) is 0 Å². The normalized spacial score (nSPS) is 21.6. The van der Waals surface area contributed by atoms with Crippen LogP contribution in [0.4, 0.5) is 0 Å². The van der Waals surface area contributed by atoms with Crippen LogP contribution in [0.1, 0.15) is 37.7 Å². The Bertz CT molecular complexity index is 701. The van der Waals surface area contributed by atoms with E-state index in [4.69, 9.17) is 12.2 Å². The minimum atomic E-state index is -0.325. The molecule has 1 saturated heterocycles. The van der Waals surface area contributed by atoms with Crippen molar-refractivity contribution in [3.05, 3.63) is 35.9 Å². The van der Waals surface area contributed by atoms with Crippen LogP contribution in [0.2, 0.25) is 0 Å². The lowest BCUT2D eigenvalue weighted by molar-refractivity contribution is -0.140. The summed E-state index contributed by atoms with van der Waals surface area (Å²) in [6.45, 7) is 0.657. The molecule has 7 nitrogen and oxygen atoms in total. The Labute approximate surface area is 163 Å². The van der Waals surface area contributed by atoms with Crippen LogP contribution in [0.25, 0.3) is 0 Å². The first-order valence-electron chi connectivity index (χ1n) is 9.28. The molecule has 1 aromatic rings. The second-order valence-corrected chi connectivity index (χ2v) is 7.33. The number of benzene rings is 1. The molecule has 2 aliphatic rings. The summed E-state index contributed by atoms with van der Waals surface area (Å²) in [5.41, 5.74) is 6.20. The lowest BCUT2D eigenvalue weighted by Crippen LogP contribution is -2.47. The van der Waals surface area contributed by atoms with E-state index in [0.717, 1.165) is 31.2 Å². The lowest BCUT2D eigenvalue weighted by Gasteiger charge is -2.19. The summed E-state index contributed by atoms with van der Waals surface area (Å²) < 4.78 is 0. The molecule has 2 fully saturated rings. The Morgan fingerprint density at radius 3 is 2.30 bits per heavy atom. The van der Waals surface area contributed by atoms with Crippen molar-refractivity contribution in [3.8, 4) is 0 Å². The van der Waals surface area contributed by atoms with E-state index in [-0.39, 0.29) is 42.5 Å². The fraction of sp³-hybridized carbons (Fsp3) is 0.474. The molecular weight excluding hydrogens is 364 g/mol. The smallest absolute Gasteiger partial charge is 0.240 e. The van der Waals surface area contributed by atoms with Crippen LogP contribution in [0, 0.1) is 11.8 Å². The van der Waals surface area contributed by atoms with Gasteiger partial charge in [0.15, 0.2) is 5.11 Å². The summed E-state index contributed by atoms with van der Waals surface area (Å²) >= 11 is 5.11. The molecule has 1 saturated carbocycles. The summed E-state index contributed by atoms with van der Waals surface area (Å²) in [6, 6.07) is 9.75. The van der Waals surface area contributed by atoms with E-state index < -0.39 is 0 Å². The van der Waals surface area contributed by atoms with Gasteiger partial charge in [-0.1, -0.05) is 43.2 Å². The molecule has 0 radical (unpaired) electrons. The number of hydrogen-bond acceptors (Lipinski definition) is 4. The summed E-state index contributed by atoms with van der Waals surface area (Å²) in [5, 5.41) is 3.28. The molecule has 144 valence electrons. The molecule has 0 unspecified atom stereocenters. The van der Waals surface area contributed by atoms with Crippen LogP contribution in [-0.4, -0.2) is 34.3 Å². The molecule has 3 N–H and O–H groups in total. The van der Waals surface area contributed by atoms with Gasteiger partial charge >= 0.3 is 0 Å². The Morgan fingerprint density at radius 1 is 1.04 bits per heavy atom. The molecule has 2 atom stereocenters. The largest absolute Gasteiger partial charge is 0.357 e. The Morgan fingerprint density at radius 2 is 1.67 bits per heavy atom. The predicted molar refractivity (Wildman–Crippen MR) is 104 cm³/mol. The van der Waals surface area contributed by atoms with Crippen molar-refractivity contribution in [1.29, 1.82) is 0 Å². The monoisotopic (exact) mass is 388 g/mol. The third-order valence-electron chi connectivity index (χ3n) is 5.11. The molecule has 3 amide bonds. The maximum Gasteiger partial charge on any atom is 0.240 e. The van der Waals surface area contributed by atoms with Crippen LogP contribution in [-0.2, 0) is 20.9 Å². The number of carbonyl (C=O) groups excluding carboxylic acids is 3. The third kappa shape index (κ3) is 4.82. The van der Waals surface area contributed by atoms with E-state index in [9.17, 15) is 14.4 Å². The van der Waals surface area contributed by atoms with Gasteiger partial charge in [0.2, 0.25) is 17.7 Å². The second-order valence-electron chi connectivity index (χ2n) is 6.92. The average Bonchev–Trinajstić information content (AvgIpc) is 2.94. The SMILES string of the molecule is O=C(CCN1C(=O)[C@@H]2CCCC[C@H]2C1=O)NNC(=S)NCc1ccccc1. The molecule has 8 heteroatoms. The van der Waals surface area contributed by atoms with E-state index >= 15 is 0 Å². The van der Waals surface area contributed by atoms with Crippen LogP contribution in [0.5, 0.6) is 0 Å². The fourth-order valence-electron chi connectivity index (χ4n) is 3.68. The van der Waals surface area contributed by atoms with Gasteiger partial charge in [-0.15, -0.1) is 0 Å². The Balaban J connectivity index is 1.37. The maximum absolute atomic E-state index is 12.4. The highest BCUT2D eigenvalue weighted by Crippen LogP contribution is 2.37. The third-order valence-corrected chi connectivity index (χ3v) is 5.35. The number of imide groups is 1. The number of fused-ring (bicyclic) bond motifs is 1. The van der Waals surface area contributed by atoms with Crippen molar-refractivity contribution >= 4 is 35.1 Å². The highest BCUT2D eigenvalue weighted by Gasteiger charge is 2.47. The van der Waals surface area contributed by atoms with Crippen LogP contribution >= 0.6 is 12.2 Å². The quantitative estimate of drug-likeness (QED) is 0.400. The van der Waals surface area contributed by atoms with Crippen LogP contribution in [0.3, 0.4) is 0 Å². The molecule has 1 heterocycles. The molecule has 0 aromatic heterocycles. The number of likely N-dealkylation sites (tertiary alicyclic amines) is 1. The molecule has 1 aliphatic heterocycles. The molecule has 1 aliphatic carbocycles. The molecule has 1 aromatic carbocycles. The van der Waals surface area contributed by atoms with Gasteiger partial charge in [0.25, 0.3) is 0 Å². The number of nitrogens with zero attached hydrogens (tertiary/aromatic N) is 1. The number of nitrogens with one attached hydrogen (secondary N) is 3. The Kier molecular flexibility index (Phi) is 6.39. The highest BCUT2D eigenvalue weighted by atomic mass is 32.1. The van der Waals surface area contributed by atoms with E-state index in [2.05, 4.69) is 16.2 Å². The second kappa shape index (κ2) is 8.94. The average molecular weight is 388 g/mol. The lowest BCUT2D eigenvalue weighted by atomic mass is 9.81. The summed E-state index contributed by atoms with van der Waals surface area (Å²) in [4.78, 5) is 38.0. The predicted octanol–water partition coefficient (Wildman–Crippen LogP) is 1.25. The molecular formula is C19H24N4O3S. The first-order chi connectivity index (χ1) is 13.1.